The molecule has 1 N–H and O–H groups in total. The molecule has 0 saturated heterocycles. The molecule has 0 unspecified atom stereocenters. The molecule has 0 aliphatic heterocycles. The van der Waals surface area contributed by atoms with Crippen LogP contribution in [0.1, 0.15) is 45.4 Å². The van der Waals surface area contributed by atoms with E-state index in [1.807, 2.05) is 0 Å². The zero-order valence-electron chi connectivity index (χ0n) is 7.90. The van der Waals surface area contributed by atoms with Gasteiger partial charge in [-0.15, -0.1) is 0 Å². The van der Waals surface area contributed by atoms with E-state index in [9.17, 15) is 0 Å². The van der Waals surface area contributed by atoms with Crippen molar-refractivity contribution in [2.75, 3.05) is 7.05 Å². The van der Waals surface area contributed by atoms with Crippen LogP contribution in [0.4, 0.5) is 0 Å². The molecule has 0 heterocycles. The Labute approximate surface area is 70.6 Å². The van der Waals surface area contributed by atoms with Gasteiger partial charge in [0, 0.05) is 6.04 Å². The number of hydrogen-bond acceptors (Lipinski definition) is 1. The molecule has 1 aliphatic carbocycles. The van der Waals surface area contributed by atoms with E-state index in [2.05, 4.69) is 19.3 Å². The summed E-state index contributed by atoms with van der Waals surface area (Å²) in [5.41, 5.74) is 0. The van der Waals surface area contributed by atoms with Gasteiger partial charge in [0.25, 0.3) is 0 Å². The largest absolute Gasteiger partial charge is 0.317 e. The van der Waals surface area contributed by atoms with E-state index in [1.165, 1.54) is 38.5 Å². The maximum Gasteiger partial charge on any atom is 0.00383 e. The molecular weight excluding hydrogens is 134 g/mol. The van der Waals surface area contributed by atoms with Gasteiger partial charge in [0.2, 0.25) is 0 Å². The second-order valence-corrected chi connectivity index (χ2v) is 3.93. The zero-order valence-corrected chi connectivity index (χ0v) is 7.90. The van der Waals surface area contributed by atoms with E-state index < -0.39 is 0 Å². The van der Waals surface area contributed by atoms with Gasteiger partial charge in [0.05, 0.1) is 0 Å². The van der Waals surface area contributed by atoms with Gasteiger partial charge >= 0.3 is 0 Å². The summed E-state index contributed by atoms with van der Waals surface area (Å²) in [6.07, 6.45) is 8.77. The van der Waals surface area contributed by atoms with Gasteiger partial charge in [-0.1, -0.05) is 32.1 Å². The molecular formula is C10H21N. The summed E-state index contributed by atoms with van der Waals surface area (Å²) >= 11 is 0. The van der Waals surface area contributed by atoms with Crippen LogP contribution in [-0.4, -0.2) is 13.1 Å². The van der Waals surface area contributed by atoms with E-state index in [0.717, 1.165) is 12.0 Å². The molecule has 11 heavy (non-hydrogen) atoms. The molecule has 0 radical (unpaired) electrons. The Morgan fingerprint density at radius 1 is 1.27 bits per heavy atom. The van der Waals surface area contributed by atoms with Crippen LogP contribution >= 0.6 is 0 Å². The normalized spacial score (nSPS) is 23.5. The second-order valence-electron chi connectivity index (χ2n) is 3.93. The summed E-state index contributed by atoms with van der Waals surface area (Å²) in [4.78, 5) is 0. The first-order valence-electron chi connectivity index (χ1n) is 5.00. The quantitative estimate of drug-likeness (QED) is 0.660. The second kappa shape index (κ2) is 4.76. The van der Waals surface area contributed by atoms with Crippen LogP contribution < -0.4 is 5.32 Å². The monoisotopic (exact) mass is 155 g/mol. The maximum atomic E-state index is 3.31. The summed E-state index contributed by atoms with van der Waals surface area (Å²) in [6, 6.07) is 0.720. The van der Waals surface area contributed by atoms with Crippen molar-refractivity contribution in [2.45, 2.75) is 51.5 Å². The van der Waals surface area contributed by atoms with Crippen molar-refractivity contribution in [3.8, 4) is 0 Å². The number of rotatable bonds is 3. The molecule has 1 aliphatic rings. The predicted octanol–water partition coefficient (Wildman–Crippen LogP) is 2.56. The molecule has 1 rings (SSSR count). The van der Waals surface area contributed by atoms with E-state index in [1.54, 1.807) is 0 Å². The van der Waals surface area contributed by atoms with Crippen LogP contribution in [0.5, 0.6) is 0 Å². The molecule has 0 amide bonds. The van der Waals surface area contributed by atoms with Crippen molar-refractivity contribution in [1.29, 1.82) is 0 Å². The number of hydrogen-bond donors (Lipinski definition) is 1. The summed E-state index contributed by atoms with van der Waals surface area (Å²) in [7, 11) is 2.06. The lowest BCUT2D eigenvalue weighted by molar-refractivity contribution is 0.311. The molecule has 0 spiro atoms. The topological polar surface area (TPSA) is 12.0 Å². The SMILES string of the molecule is CN[C@@H](C)CC1CCCCC1. The molecule has 1 saturated carbocycles. The van der Waals surface area contributed by atoms with Crippen LogP contribution in [-0.2, 0) is 0 Å². The van der Waals surface area contributed by atoms with E-state index >= 15 is 0 Å². The van der Waals surface area contributed by atoms with E-state index in [4.69, 9.17) is 0 Å². The van der Waals surface area contributed by atoms with Gasteiger partial charge in [-0.3, -0.25) is 0 Å². The van der Waals surface area contributed by atoms with Crippen molar-refractivity contribution in [3.05, 3.63) is 0 Å². The van der Waals surface area contributed by atoms with Crippen molar-refractivity contribution in [2.24, 2.45) is 5.92 Å². The van der Waals surface area contributed by atoms with Gasteiger partial charge in [-0.2, -0.15) is 0 Å². The summed E-state index contributed by atoms with van der Waals surface area (Å²) in [5.74, 6) is 1.02. The third-order valence-corrected chi connectivity index (χ3v) is 2.90. The van der Waals surface area contributed by atoms with Gasteiger partial charge in [0.1, 0.15) is 0 Å². The fourth-order valence-corrected chi connectivity index (χ4v) is 2.04. The maximum absolute atomic E-state index is 3.31. The lowest BCUT2D eigenvalue weighted by Crippen LogP contribution is -2.25. The molecule has 1 nitrogen and oxygen atoms in total. The molecule has 1 fully saturated rings. The van der Waals surface area contributed by atoms with Gasteiger partial charge in [-0.05, 0) is 26.3 Å². The average Bonchev–Trinajstić information content (AvgIpc) is 2.06. The molecule has 0 aromatic carbocycles. The third-order valence-electron chi connectivity index (χ3n) is 2.90. The van der Waals surface area contributed by atoms with E-state index in [-0.39, 0.29) is 0 Å². The number of nitrogens with one attached hydrogen (secondary N) is 1. The minimum absolute atomic E-state index is 0.720. The Kier molecular flexibility index (Phi) is 3.92. The first-order valence-corrected chi connectivity index (χ1v) is 5.00. The minimum Gasteiger partial charge on any atom is -0.317 e. The highest BCUT2D eigenvalue weighted by Crippen LogP contribution is 2.26. The smallest absolute Gasteiger partial charge is 0.00383 e. The van der Waals surface area contributed by atoms with Gasteiger partial charge < -0.3 is 5.32 Å². The van der Waals surface area contributed by atoms with Crippen LogP contribution in [0.2, 0.25) is 0 Å². The molecule has 0 aromatic rings. The van der Waals surface area contributed by atoms with Crippen molar-refractivity contribution in [1.82, 2.24) is 5.32 Å². The predicted molar refractivity (Wildman–Crippen MR) is 49.7 cm³/mol. The van der Waals surface area contributed by atoms with Crippen LogP contribution in [0.3, 0.4) is 0 Å². The van der Waals surface area contributed by atoms with E-state index in [0.29, 0.717) is 0 Å². The Bertz CT molecular complexity index is 95.0. The molecule has 1 heteroatoms. The lowest BCUT2D eigenvalue weighted by atomic mass is 9.85. The van der Waals surface area contributed by atoms with Crippen molar-refractivity contribution >= 4 is 0 Å². The van der Waals surface area contributed by atoms with Crippen LogP contribution in [0.15, 0.2) is 0 Å². The van der Waals surface area contributed by atoms with Crippen molar-refractivity contribution < 1.29 is 0 Å². The third kappa shape index (κ3) is 3.24. The Morgan fingerprint density at radius 2 is 1.91 bits per heavy atom. The molecule has 0 bridgehead atoms. The Morgan fingerprint density at radius 3 is 2.45 bits per heavy atom. The first kappa shape index (κ1) is 9.05. The average molecular weight is 155 g/mol. The molecule has 1 atom stereocenters. The van der Waals surface area contributed by atoms with Crippen molar-refractivity contribution in [3.63, 3.8) is 0 Å². The summed E-state index contributed by atoms with van der Waals surface area (Å²) < 4.78 is 0. The Hall–Kier alpha value is -0.0400. The van der Waals surface area contributed by atoms with Gasteiger partial charge in [0.15, 0.2) is 0 Å². The first-order chi connectivity index (χ1) is 5.33. The molecule has 66 valence electrons. The lowest BCUT2D eigenvalue weighted by Gasteiger charge is -2.24. The summed E-state index contributed by atoms with van der Waals surface area (Å²) in [6.45, 7) is 2.29. The fraction of sp³-hybridized carbons (Fsp3) is 1.00. The fourth-order valence-electron chi connectivity index (χ4n) is 2.04. The Balaban J connectivity index is 2.13. The highest BCUT2D eigenvalue weighted by atomic mass is 14.8. The minimum atomic E-state index is 0.720. The molecule has 0 aromatic heterocycles. The zero-order chi connectivity index (χ0) is 8.10. The van der Waals surface area contributed by atoms with Crippen LogP contribution in [0, 0.1) is 5.92 Å². The summed E-state index contributed by atoms with van der Waals surface area (Å²) in [5, 5.41) is 3.31. The highest BCUT2D eigenvalue weighted by Gasteiger charge is 2.14. The van der Waals surface area contributed by atoms with Gasteiger partial charge in [-0.25, -0.2) is 0 Å². The highest BCUT2D eigenvalue weighted by molar-refractivity contribution is 4.70. The standard InChI is InChI=1S/C10H21N/c1-9(11-2)8-10-6-4-3-5-7-10/h9-11H,3-8H2,1-2H3/t9-/m0/s1. The van der Waals surface area contributed by atoms with Crippen LogP contribution in [0.25, 0.3) is 0 Å².